The Morgan fingerprint density at radius 1 is 1.19 bits per heavy atom. The minimum atomic E-state index is -0.253. The summed E-state index contributed by atoms with van der Waals surface area (Å²) in [6.45, 7) is 1.89. The van der Waals surface area contributed by atoms with E-state index >= 15 is 0 Å². The van der Waals surface area contributed by atoms with E-state index in [2.05, 4.69) is 15.0 Å². The molecule has 3 aromatic heterocycles. The molecular formula is C23H20ClN5O3. The molecule has 0 atom stereocenters. The van der Waals surface area contributed by atoms with Gasteiger partial charge in [0.2, 0.25) is 0 Å². The Morgan fingerprint density at radius 3 is 2.88 bits per heavy atom. The summed E-state index contributed by atoms with van der Waals surface area (Å²) in [7, 11) is 0. The standard InChI is InChI=1S/C23H20ClN5O3/c24-16-11-18-17(10-15(16)23(31)28-7-3-13-2-1-6-25-20(13)28)27-22(30)19-12-26-21(29(18)19)14-4-8-32-9-5-14/h1-2,6,10-12,14H,3-5,7-9H2,(H,27,30). The molecule has 0 aliphatic carbocycles. The van der Waals surface area contributed by atoms with Gasteiger partial charge in [-0.1, -0.05) is 17.7 Å². The number of halogens is 1. The number of ether oxygens (including phenoxy) is 1. The molecule has 0 spiro atoms. The van der Waals surface area contributed by atoms with Crippen LogP contribution in [0.25, 0.3) is 16.6 Å². The number of hydrogen-bond donors (Lipinski definition) is 1. The summed E-state index contributed by atoms with van der Waals surface area (Å²) in [5.41, 5.74) is 2.85. The van der Waals surface area contributed by atoms with E-state index in [9.17, 15) is 9.59 Å². The molecule has 5 heterocycles. The van der Waals surface area contributed by atoms with Crippen molar-refractivity contribution in [3.8, 4) is 0 Å². The van der Waals surface area contributed by atoms with Crippen LogP contribution in [0, 0.1) is 0 Å². The lowest BCUT2D eigenvalue weighted by Gasteiger charge is -2.21. The number of rotatable bonds is 2. The number of hydrogen-bond acceptors (Lipinski definition) is 5. The van der Waals surface area contributed by atoms with Crippen molar-refractivity contribution in [1.29, 1.82) is 0 Å². The van der Waals surface area contributed by atoms with Gasteiger partial charge in [-0.05, 0) is 43.0 Å². The van der Waals surface area contributed by atoms with Gasteiger partial charge in [-0.3, -0.25) is 18.9 Å². The van der Waals surface area contributed by atoms with Gasteiger partial charge >= 0.3 is 0 Å². The second kappa shape index (κ2) is 7.43. The highest BCUT2D eigenvalue weighted by molar-refractivity contribution is 6.35. The number of imidazole rings is 1. The van der Waals surface area contributed by atoms with E-state index in [4.69, 9.17) is 16.3 Å². The van der Waals surface area contributed by atoms with Crippen LogP contribution in [-0.2, 0) is 11.2 Å². The summed E-state index contributed by atoms with van der Waals surface area (Å²) in [5.74, 6) is 1.45. The Kier molecular flexibility index (Phi) is 4.51. The number of aromatic nitrogens is 4. The van der Waals surface area contributed by atoms with Crippen molar-refractivity contribution in [2.45, 2.75) is 25.2 Å². The molecule has 6 rings (SSSR count). The summed E-state index contributed by atoms with van der Waals surface area (Å²) in [6, 6.07) is 7.25. The molecule has 32 heavy (non-hydrogen) atoms. The number of carbonyl (C=O) groups is 1. The van der Waals surface area contributed by atoms with Crippen LogP contribution in [0.2, 0.25) is 5.02 Å². The van der Waals surface area contributed by atoms with Crippen LogP contribution in [0.4, 0.5) is 5.82 Å². The van der Waals surface area contributed by atoms with Crippen molar-refractivity contribution in [2.75, 3.05) is 24.7 Å². The van der Waals surface area contributed by atoms with Crippen LogP contribution in [0.3, 0.4) is 0 Å². The number of fused-ring (bicyclic) bond motifs is 4. The molecule has 0 bridgehead atoms. The van der Waals surface area contributed by atoms with Crippen LogP contribution in [0.1, 0.15) is 40.5 Å². The maximum Gasteiger partial charge on any atom is 0.274 e. The number of anilines is 1. The summed E-state index contributed by atoms with van der Waals surface area (Å²) in [4.78, 5) is 39.6. The van der Waals surface area contributed by atoms with Crippen molar-refractivity contribution in [2.24, 2.45) is 0 Å². The number of pyridine rings is 1. The fourth-order valence-electron chi connectivity index (χ4n) is 4.77. The lowest BCUT2D eigenvalue weighted by Crippen LogP contribution is -2.30. The normalized spacial score (nSPS) is 16.7. The molecule has 1 saturated heterocycles. The lowest BCUT2D eigenvalue weighted by molar-refractivity contribution is 0.0835. The van der Waals surface area contributed by atoms with Gasteiger partial charge in [-0.25, -0.2) is 9.97 Å². The highest BCUT2D eigenvalue weighted by atomic mass is 35.5. The third-order valence-electron chi connectivity index (χ3n) is 6.39. The Balaban J connectivity index is 1.49. The number of H-pyrrole nitrogens is 1. The monoisotopic (exact) mass is 449 g/mol. The maximum atomic E-state index is 13.4. The first-order valence-corrected chi connectivity index (χ1v) is 11.1. The Hall–Kier alpha value is -3.23. The Labute approximate surface area is 187 Å². The zero-order chi connectivity index (χ0) is 21.8. The van der Waals surface area contributed by atoms with Crippen molar-refractivity contribution in [3.63, 3.8) is 0 Å². The summed E-state index contributed by atoms with van der Waals surface area (Å²) >= 11 is 6.64. The summed E-state index contributed by atoms with van der Waals surface area (Å²) < 4.78 is 7.35. The number of nitrogens with one attached hydrogen (secondary N) is 1. The van der Waals surface area contributed by atoms with Gasteiger partial charge in [0.05, 0.1) is 27.8 Å². The third-order valence-corrected chi connectivity index (χ3v) is 6.70. The third kappa shape index (κ3) is 2.94. The van der Waals surface area contributed by atoms with Gasteiger partial charge in [0.15, 0.2) is 0 Å². The zero-order valence-corrected chi connectivity index (χ0v) is 17.9. The fourth-order valence-corrected chi connectivity index (χ4v) is 5.01. The molecule has 2 aliphatic heterocycles. The summed E-state index contributed by atoms with van der Waals surface area (Å²) in [5, 5.41) is 0.326. The van der Waals surface area contributed by atoms with Crippen LogP contribution >= 0.6 is 11.6 Å². The second-order valence-electron chi connectivity index (χ2n) is 8.22. The molecular weight excluding hydrogens is 430 g/mol. The number of benzene rings is 1. The smallest absolute Gasteiger partial charge is 0.274 e. The van der Waals surface area contributed by atoms with Gasteiger partial charge < -0.3 is 9.72 Å². The molecule has 1 N–H and O–H groups in total. The van der Waals surface area contributed by atoms with Crippen LogP contribution in [0.5, 0.6) is 0 Å². The van der Waals surface area contributed by atoms with Gasteiger partial charge in [0.1, 0.15) is 17.2 Å². The number of nitrogens with zero attached hydrogens (tertiary/aromatic N) is 4. The minimum absolute atomic E-state index is 0.198. The molecule has 2 aliphatic rings. The van der Waals surface area contributed by atoms with Crippen LogP contribution in [0.15, 0.2) is 41.5 Å². The first-order chi connectivity index (χ1) is 15.6. The molecule has 4 aromatic rings. The predicted molar refractivity (Wildman–Crippen MR) is 121 cm³/mol. The van der Waals surface area contributed by atoms with E-state index in [1.54, 1.807) is 29.4 Å². The maximum absolute atomic E-state index is 13.4. The van der Waals surface area contributed by atoms with E-state index in [1.165, 1.54) is 0 Å². The number of carbonyl (C=O) groups excluding carboxylic acids is 1. The van der Waals surface area contributed by atoms with Gasteiger partial charge in [-0.15, -0.1) is 0 Å². The quantitative estimate of drug-likeness (QED) is 0.506. The second-order valence-corrected chi connectivity index (χ2v) is 8.63. The summed E-state index contributed by atoms with van der Waals surface area (Å²) in [6.07, 6.45) is 5.72. The lowest BCUT2D eigenvalue weighted by atomic mass is 9.99. The topological polar surface area (TPSA) is 92.6 Å². The average Bonchev–Trinajstić information content (AvgIpc) is 3.45. The molecule has 162 valence electrons. The molecule has 1 aromatic carbocycles. The highest BCUT2D eigenvalue weighted by Crippen LogP contribution is 2.32. The van der Waals surface area contributed by atoms with Crippen molar-refractivity contribution in [3.05, 3.63) is 69.0 Å². The van der Waals surface area contributed by atoms with Crippen LogP contribution < -0.4 is 10.5 Å². The largest absolute Gasteiger partial charge is 0.381 e. The van der Waals surface area contributed by atoms with E-state index < -0.39 is 0 Å². The molecule has 8 nitrogen and oxygen atoms in total. The average molecular weight is 450 g/mol. The molecule has 0 radical (unpaired) electrons. The first kappa shape index (κ1) is 19.5. The van der Waals surface area contributed by atoms with Crippen molar-refractivity contribution >= 4 is 39.9 Å². The van der Waals surface area contributed by atoms with E-state index in [-0.39, 0.29) is 17.4 Å². The number of amides is 1. The highest BCUT2D eigenvalue weighted by Gasteiger charge is 2.29. The Morgan fingerprint density at radius 2 is 2.03 bits per heavy atom. The number of aromatic amines is 1. The van der Waals surface area contributed by atoms with E-state index in [0.29, 0.717) is 47.2 Å². The molecule has 9 heteroatoms. The zero-order valence-electron chi connectivity index (χ0n) is 17.2. The molecule has 0 unspecified atom stereocenters. The Bertz CT molecular complexity index is 1440. The van der Waals surface area contributed by atoms with Gasteiger partial charge in [-0.2, -0.15) is 0 Å². The minimum Gasteiger partial charge on any atom is -0.381 e. The van der Waals surface area contributed by atoms with Crippen molar-refractivity contribution in [1.82, 2.24) is 19.4 Å². The molecule has 0 saturated carbocycles. The van der Waals surface area contributed by atoms with Gasteiger partial charge in [0.25, 0.3) is 11.5 Å². The van der Waals surface area contributed by atoms with Crippen molar-refractivity contribution < 1.29 is 9.53 Å². The van der Waals surface area contributed by atoms with E-state index in [1.807, 2.05) is 16.5 Å². The molecule has 1 amide bonds. The molecule has 1 fully saturated rings. The van der Waals surface area contributed by atoms with Crippen LogP contribution in [-0.4, -0.2) is 45.0 Å². The fraction of sp³-hybridized carbons (Fsp3) is 0.304. The van der Waals surface area contributed by atoms with E-state index in [0.717, 1.165) is 36.2 Å². The first-order valence-electron chi connectivity index (χ1n) is 10.7. The predicted octanol–water partition coefficient (Wildman–Crippen LogP) is 3.32. The SMILES string of the molecule is O=C(c1cc2[nH]c(=O)c3cnc(C4CCOCC4)n3c2cc1Cl)N1CCc2cccnc21. The van der Waals surface area contributed by atoms with Gasteiger partial charge in [0, 0.05) is 31.9 Å².